The van der Waals surface area contributed by atoms with Crippen LogP contribution in [0.1, 0.15) is 5.69 Å². The first-order valence-corrected chi connectivity index (χ1v) is 9.61. The summed E-state index contributed by atoms with van der Waals surface area (Å²) in [6.07, 6.45) is 1.05. The Bertz CT molecular complexity index is 918. The number of nitrogen functional groups attached to an aromatic ring is 1. The van der Waals surface area contributed by atoms with Crippen LogP contribution in [0.2, 0.25) is 0 Å². The fraction of sp³-hybridized carbons (Fsp3) is 0.438. The fourth-order valence-corrected chi connectivity index (χ4v) is 4.25. The highest BCUT2D eigenvalue weighted by atomic mass is 32.2. The maximum atomic E-state index is 12.7. The molecular formula is C16H18FN5O7S. The van der Waals surface area contributed by atoms with Crippen LogP contribution in [0.4, 0.5) is 10.4 Å². The number of hydrogen-bond donors (Lipinski definition) is 3. The van der Waals surface area contributed by atoms with Gasteiger partial charge in [0, 0.05) is 12.9 Å². The van der Waals surface area contributed by atoms with Crippen molar-refractivity contribution in [2.75, 3.05) is 38.5 Å². The van der Waals surface area contributed by atoms with E-state index >= 15 is 0 Å². The largest absolute Gasteiger partial charge is 0.477 e. The van der Waals surface area contributed by atoms with E-state index in [9.17, 15) is 23.9 Å². The number of carbonyl (C=O) groups excluding carboxylic acids is 2. The lowest BCUT2D eigenvalue weighted by molar-refractivity contribution is -0.150. The molecule has 0 aromatic carbocycles. The molecule has 0 radical (unpaired) electrons. The molecule has 14 heteroatoms. The van der Waals surface area contributed by atoms with E-state index < -0.39 is 42.5 Å². The Balaban J connectivity index is 1.78. The molecule has 1 aromatic rings. The zero-order valence-electron chi connectivity index (χ0n) is 15.7. The molecule has 0 bridgehead atoms. The lowest BCUT2D eigenvalue weighted by atomic mass is 10.0. The number of rotatable bonds is 9. The van der Waals surface area contributed by atoms with Crippen molar-refractivity contribution >= 4 is 41.3 Å². The number of aliphatic carboxylic acids is 1. The van der Waals surface area contributed by atoms with Crippen molar-refractivity contribution in [1.82, 2.24) is 15.2 Å². The first-order valence-electron chi connectivity index (χ1n) is 8.56. The summed E-state index contributed by atoms with van der Waals surface area (Å²) in [4.78, 5) is 46.5. The highest BCUT2D eigenvalue weighted by molar-refractivity contribution is 8.00. The quantitative estimate of drug-likeness (QED) is 0.192. The third-order valence-corrected chi connectivity index (χ3v) is 5.50. The van der Waals surface area contributed by atoms with E-state index in [-0.39, 0.29) is 29.7 Å². The number of fused-ring (bicyclic) bond motifs is 1. The number of hydrogen-bond acceptors (Lipinski definition) is 10. The summed E-state index contributed by atoms with van der Waals surface area (Å²) in [6, 6.07) is -1.23. The van der Waals surface area contributed by atoms with E-state index in [0.29, 0.717) is 11.3 Å². The molecule has 4 N–H and O–H groups in total. The van der Waals surface area contributed by atoms with Gasteiger partial charge in [-0.25, -0.2) is 9.18 Å². The molecule has 2 aliphatic rings. The van der Waals surface area contributed by atoms with Gasteiger partial charge in [0.25, 0.3) is 17.8 Å². The number of ether oxygens (including phenoxy) is 1. The van der Waals surface area contributed by atoms with Crippen LogP contribution in [0, 0.1) is 0 Å². The number of halogens is 1. The van der Waals surface area contributed by atoms with E-state index in [2.05, 4.69) is 15.5 Å². The SMILES string of the molecule is COCC1=C(C(=O)O)N2C(=O)[C@@H](NC(=O)/C(=N\OCCF)c3coc(N)n3)[C@H]2SC1. The molecular weight excluding hydrogens is 425 g/mol. The second kappa shape index (κ2) is 9.13. The number of methoxy groups -OCH3 is 1. The predicted octanol–water partition coefficient (Wildman–Crippen LogP) is -0.668. The molecule has 1 saturated heterocycles. The third-order valence-electron chi connectivity index (χ3n) is 4.16. The number of thioether (sulfide) groups is 1. The molecule has 0 saturated carbocycles. The third kappa shape index (κ3) is 4.09. The summed E-state index contributed by atoms with van der Waals surface area (Å²) < 4.78 is 22.1. The monoisotopic (exact) mass is 443 g/mol. The van der Waals surface area contributed by atoms with Gasteiger partial charge < -0.3 is 30.1 Å². The number of nitrogens with zero attached hydrogens (tertiary/aromatic N) is 3. The molecule has 0 unspecified atom stereocenters. The first kappa shape index (κ1) is 21.6. The summed E-state index contributed by atoms with van der Waals surface area (Å²) >= 11 is 1.28. The molecule has 162 valence electrons. The number of anilines is 1. The van der Waals surface area contributed by atoms with Gasteiger partial charge in [-0.05, 0) is 5.57 Å². The van der Waals surface area contributed by atoms with Gasteiger partial charge in [-0.2, -0.15) is 4.98 Å². The summed E-state index contributed by atoms with van der Waals surface area (Å²) in [5.74, 6) is -2.39. The summed E-state index contributed by atoms with van der Waals surface area (Å²) in [5, 5.41) is 14.9. The van der Waals surface area contributed by atoms with Crippen LogP contribution in [0.5, 0.6) is 0 Å². The fourth-order valence-electron chi connectivity index (χ4n) is 2.92. The highest BCUT2D eigenvalue weighted by Gasteiger charge is 2.54. The van der Waals surface area contributed by atoms with Crippen LogP contribution in [0.15, 0.2) is 27.1 Å². The first-order chi connectivity index (χ1) is 14.4. The maximum absolute atomic E-state index is 12.7. The van der Waals surface area contributed by atoms with Crippen LogP contribution in [-0.2, 0) is 24.0 Å². The number of oxazole rings is 1. The van der Waals surface area contributed by atoms with E-state index in [1.54, 1.807) is 0 Å². The molecule has 3 heterocycles. The van der Waals surface area contributed by atoms with Crippen molar-refractivity contribution in [2.24, 2.45) is 5.16 Å². The molecule has 3 rings (SSSR count). The minimum Gasteiger partial charge on any atom is -0.477 e. The molecule has 12 nitrogen and oxygen atoms in total. The van der Waals surface area contributed by atoms with Crippen molar-refractivity contribution in [3.8, 4) is 0 Å². The molecule has 30 heavy (non-hydrogen) atoms. The lowest BCUT2D eigenvalue weighted by Gasteiger charge is -2.49. The maximum Gasteiger partial charge on any atom is 0.352 e. The number of β-lactam (4-membered cyclic amide) rings is 1. The van der Waals surface area contributed by atoms with Crippen molar-refractivity contribution < 1.29 is 37.9 Å². The topological polar surface area (TPSA) is 170 Å². The number of oxime groups is 1. The lowest BCUT2D eigenvalue weighted by Crippen LogP contribution is -2.71. The van der Waals surface area contributed by atoms with Gasteiger partial charge in [-0.15, -0.1) is 11.8 Å². The van der Waals surface area contributed by atoms with Gasteiger partial charge in [-0.1, -0.05) is 5.16 Å². The van der Waals surface area contributed by atoms with E-state index in [1.165, 1.54) is 18.9 Å². The Labute approximate surface area is 173 Å². The number of nitrogens with one attached hydrogen (secondary N) is 1. The normalized spacial score (nSPS) is 21.2. The minimum atomic E-state index is -1.26. The van der Waals surface area contributed by atoms with Crippen LogP contribution in [0.25, 0.3) is 0 Å². The second-order valence-electron chi connectivity index (χ2n) is 6.08. The average molecular weight is 443 g/mol. The molecule has 0 spiro atoms. The zero-order chi connectivity index (χ0) is 21.8. The van der Waals surface area contributed by atoms with Crippen molar-refractivity contribution in [3.05, 3.63) is 23.2 Å². The molecule has 2 amide bonds. The number of nitrogens with two attached hydrogens (primary N) is 1. The second-order valence-corrected chi connectivity index (χ2v) is 7.19. The molecule has 1 fully saturated rings. The summed E-state index contributed by atoms with van der Waals surface area (Å²) in [5.41, 5.74) is 5.27. The van der Waals surface area contributed by atoms with Crippen molar-refractivity contribution in [1.29, 1.82) is 0 Å². The Morgan fingerprint density at radius 3 is 2.93 bits per heavy atom. The zero-order valence-corrected chi connectivity index (χ0v) is 16.5. The van der Waals surface area contributed by atoms with Crippen molar-refractivity contribution in [3.63, 3.8) is 0 Å². The van der Waals surface area contributed by atoms with Crippen LogP contribution in [-0.4, -0.2) is 82.7 Å². The Hall–Kier alpha value is -3.13. The van der Waals surface area contributed by atoms with Crippen molar-refractivity contribution in [2.45, 2.75) is 11.4 Å². The predicted molar refractivity (Wildman–Crippen MR) is 101 cm³/mol. The average Bonchev–Trinajstić information content (AvgIpc) is 3.14. The Morgan fingerprint density at radius 2 is 2.33 bits per heavy atom. The van der Waals surface area contributed by atoms with Gasteiger partial charge in [0.05, 0.1) is 6.61 Å². The number of carboxylic acids is 1. The molecule has 0 aliphatic carbocycles. The molecule has 2 atom stereocenters. The van der Waals surface area contributed by atoms with Crippen LogP contribution < -0.4 is 11.1 Å². The number of amides is 2. The molecule has 1 aromatic heterocycles. The van der Waals surface area contributed by atoms with Crippen LogP contribution >= 0.6 is 11.8 Å². The van der Waals surface area contributed by atoms with E-state index in [4.69, 9.17) is 19.7 Å². The Kier molecular flexibility index (Phi) is 6.56. The van der Waals surface area contributed by atoms with Gasteiger partial charge >= 0.3 is 5.97 Å². The van der Waals surface area contributed by atoms with E-state index in [1.807, 2.05) is 0 Å². The Morgan fingerprint density at radius 1 is 1.57 bits per heavy atom. The number of alkyl halides is 1. The minimum absolute atomic E-state index is 0.0679. The van der Waals surface area contributed by atoms with Gasteiger partial charge in [0.2, 0.25) is 0 Å². The standard InChI is InChI=1S/C16H18FN5O7S/c1-27-4-7-6-30-14-10(13(24)22(14)11(7)15(25)26)20-12(23)9(21-29-3-2-17)8-5-28-16(18)19-8/h5,10,14H,2-4,6H2,1H3,(H2,18,19)(H,20,23)(H,25,26)/b21-9-/t10-,14-/m1/s1. The van der Waals surface area contributed by atoms with Gasteiger partial charge in [0.1, 0.15) is 42.4 Å². The highest BCUT2D eigenvalue weighted by Crippen LogP contribution is 2.40. The van der Waals surface area contributed by atoms with E-state index in [0.717, 1.165) is 11.2 Å². The summed E-state index contributed by atoms with van der Waals surface area (Å²) in [6.45, 7) is -1.16. The van der Waals surface area contributed by atoms with Gasteiger partial charge in [-0.3, -0.25) is 14.5 Å². The smallest absolute Gasteiger partial charge is 0.352 e. The number of carboxylic acid groups (broad SMARTS) is 1. The number of aromatic nitrogens is 1. The number of carbonyl (C=O) groups is 3. The summed E-state index contributed by atoms with van der Waals surface area (Å²) in [7, 11) is 1.42. The van der Waals surface area contributed by atoms with Crippen LogP contribution in [0.3, 0.4) is 0 Å². The molecule has 2 aliphatic heterocycles. The van der Waals surface area contributed by atoms with Gasteiger partial charge in [0.15, 0.2) is 5.71 Å².